The zero-order valence-electron chi connectivity index (χ0n) is 29.6. The quantitative estimate of drug-likeness (QED) is 0.244. The molecule has 6 atom stereocenters. The van der Waals surface area contributed by atoms with Crippen molar-refractivity contribution in [1.29, 1.82) is 0 Å². The number of aromatic hydroxyl groups is 1. The number of carbonyl (C=O) groups excluding carboxylic acids is 4. The summed E-state index contributed by atoms with van der Waals surface area (Å²) in [5.74, 6) is -7.83. The molecule has 0 saturated heterocycles. The second-order valence-electron chi connectivity index (χ2n) is 16.0. The normalized spacial score (nSPS) is 30.3. The van der Waals surface area contributed by atoms with E-state index >= 15 is 0 Å². The Kier molecular flexibility index (Phi) is 8.27. The lowest BCUT2D eigenvalue weighted by molar-refractivity contribution is -0.193. The van der Waals surface area contributed by atoms with Crippen LogP contribution in [-0.2, 0) is 26.2 Å². The molecule has 0 fully saturated rings. The smallest absolute Gasteiger partial charge is 0.209 e. The Morgan fingerprint density at radius 1 is 1.00 bits per heavy atom. The Morgan fingerprint density at radius 3 is 2.19 bits per heavy atom. The highest BCUT2D eigenvalue weighted by Crippen LogP contribution is 2.71. The van der Waals surface area contributed by atoms with Gasteiger partial charge >= 0.3 is 0 Å². The lowest BCUT2D eigenvalue weighted by Gasteiger charge is -2.65. The van der Waals surface area contributed by atoms with Gasteiger partial charge in [-0.15, -0.1) is 0 Å². The third-order valence-electron chi connectivity index (χ3n) is 11.9. The Bertz CT molecular complexity index is 1840. The van der Waals surface area contributed by atoms with E-state index in [1.165, 1.54) is 6.07 Å². The summed E-state index contributed by atoms with van der Waals surface area (Å²) in [6, 6.07) is 10.6. The van der Waals surface area contributed by atoms with Crippen LogP contribution >= 0.6 is 0 Å². The van der Waals surface area contributed by atoms with Crippen molar-refractivity contribution in [3.8, 4) is 5.75 Å². The number of allylic oxidation sites excluding steroid dienone is 2. The Morgan fingerprint density at radius 2 is 1.62 bits per heavy atom. The lowest BCUT2D eigenvalue weighted by Crippen LogP contribution is -2.71. The summed E-state index contributed by atoms with van der Waals surface area (Å²) in [5, 5.41) is 47.6. The number of aliphatic hydroxyl groups excluding tert-OH is 2. The highest BCUT2D eigenvalue weighted by molar-refractivity contribution is 6.25. The van der Waals surface area contributed by atoms with Crippen LogP contribution in [-0.4, -0.2) is 49.2 Å². The van der Waals surface area contributed by atoms with Gasteiger partial charge in [0.1, 0.15) is 28.6 Å². The van der Waals surface area contributed by atoms with Crippen molar-refractivity contribution in [2.75, 3.05) is 0 Å². The van der Waals surface area contributed by atoms with E-state index < -0.39 is 74.5 Å². The van der Waals surface area contributed by atoms with Crippen LogP contribution in [0, 0.1) is 35.5 Å². The summed E-state index contributed by atoms with van der Waals surface area (Å²) in [5.41, 5.74) is -3.78. The molecule has 48 heavy (non-hydrogen) atoms. The van der Waals surface area contributed by atoms with Gasteiger partial charge in [-0.05, 0) is 59.8 Å². The summed E-state index contributed by atoms with van der Waals surface area (Å²) in [6.45, 7) is 18.0. The highest BCUT2D eigenvalue weighted by atomic mass is 16.4. The molecule has 4 N–H and O–H groups in total. The van der Waals surface area contributed by atoms with Gasteiger partial charge in [-0.1, -0.05) is 91.3 Å². The molecule has 0 aromatic heterocycles. The van der Waals surface area contributed by atoms with Gasteiger partial charge in [-0.25, -0.2) is 0 Å². The van der Waals surface area contributed by atoms with Crippen molar-refractivity contribution in [3.05, 3.63) is 86.9 Å². The minimum absolute atomic E-state index is 0.0412. The third kappa shape index (κ3) is 4.58. The van der Waals surface area contributed by atoms with Gasteiger partial charge in [0.05, 0.1) is 5.56 Å². The zero-order chi connectivity index (χ0) is 36.0. The number of fused-ring (bicyclic) bond motifs is 3. The molecule has 0 saturated carbocycles. The van der Waals surface area contributed by atoms with E-state index in [0.29, 0.717) is 5.56 Å². The molecule has 0 bridgehead atoms. The summed E-state index contributed by atoms with van der Waals surface area (Å²) < 4.78 is 0. The van der Waals surface area contributed by atoms with Gasteiger partial charge in [-0.3, -0.25) is 19.2 Å². The number of rotatable bonds is 6. The molecule has 0 amide bonds. The van der Waals surface area contributed by atoms with Crippen LogP contribution in [0.1, 0.15) is 107 Å². The SMILES string of the molecule is CC(=O)C1=C(O)C(C(C)C)[C@@]2(C)[C@H](CC(=O)Cc3ccc(C)cc3C(C)(C)C)[C@]3(C)C(=C(O)[C@@]2(O)C1=O)C(=O)c1c(O)cccc1[C@H]3C. The number of ketones is 4. The van der Waals surface area contributed by atoms with E-state index in [4.69, 9.17) is 0 Å². The van der Waals surface area contributed by atoms with Crippen LogP contribution in [0.4, 0.5) is 0 Å². The fourth-order valence-corrected chi connectivity index (χ4v) is 9.58. The molecule has 2 aromatic carbocycles. The summed E-state index contributed by atoms with van der Waals surface area (Å²) in [4.78, 5) is 56.2. The van der Waals surface area contributed by atoms with Crippen molar-refractivity contribution >= 4 is 23.1 Å². The molecular weight excluding hydrogens is 608 g/mol. The van der Waals surface area contributed by atoms with Gasteiger partial charge < -0.3 is 20.4 Å². The molecule has 0 spiro atoms. The van der Waals surface area contributed by atoms with Gasteiger partial charge in [0.15, 0.2) is 17.2 Å². The molecule has 0 radical (unpaired) electrons. The summed E-state index contributed by atoms with van der Waals surface area (Å²) >= 11 is 0. The lowest BCUT2D eigenvalue weighted by atomic mass is 9.38. The maximum absolute atomic E-state index is 14.5. The molecular formula is C40H48O8. The molecule has 1 unspecified atom stereocenters. The Balaban J connectivity index is 1.83. The fourth-order valence-electron chi connectivity index (χ4n) is 9.58. The predicted molar refractivity (Wildman–Crippen MR) is 182 cm³/mol. The van der Waals surface area contributed by atoms with Crippen LogP contribution in [0.15, 0.2) is 59.1 Å². The van der Waals surface area contributed by atoms with E-state index in [-0.39, 0.29) is 40.9 Å². The minimum atomic E-state index is -2.84. The molecule has 0 heterocycles. The molecule has 0 aliphatic heterocycles. The van der Waals surface area contributed by atoms with Crippen molar-refractivity contribution in [1.82, 2.24) is 0 Å². The summed E-state index contributed by atoms with van der Waals surface area (Å²) in [7, 11) is 0. The van der Waals surface area contributed by atoms with Gasteiger partial charge in [0.2, 0.25) is 5.78 Å². The minimum Gasteiger partial charge on any atom is -0.511 e. The molecule has 3 aliphatic rings. The topological polar surface area (TPSA) is 149 Å². The van der Waals surface area contributed by atoms with Crippen molar-refractivity contribution < 1.29 is 39.6 Å². The van der Waals surface area contributed by atoms with Gasteiger partial charge in [-0.2, -0.15) is 0 Å². The standard InChI is InChI=1S/C40H48O8/c1-19(2)31-33(44)29(22(5)41)35(46)40(48)36(47)32-34(45)30-25(12-11-13-27(30)43)21(4)38(32,9)28(39(31,40)10)18-24(42)17-23-15-14-20(3)16-26(23)37(6,7)8/h11-16,19,21,28,31,43-44,47-48H,17-18H2,1-10H3/t21-,28-,31?,38-,39-,40+/m1/s1. The van der Waals surface area contributed by atoms with Crippen molar-refractivity contribution in [3.63, 3.8) is 0 Å². The van der Waals surface area contributed by atoms with E-state index in [1.54, 1.807) is 39.8 Å². The number of hydrogen-bond acceptors (Lipinski definition) is 8. The number of hydrogen-bond donors (Lipinski definition) is 4. The van der Waals surface area contributed by atoms with Crippen LogP contribution in [0.5, 0.6) is 5.75 Å². The Labute approximate surface area is 282 Å². The van der Waals surface area contributed by atoms with E-state index in [0.717, 1.165) is 23.6 Å². The first-order valence-corrected chi connectivity index (χ1v) is 16.7. The van der Waals surface area contributed by atoms with Gasteiger partial charge in [0.25, 0.3) is 0 Å². The molecule has 8 nitrogen and oxygen atoms in total. The van der Waals surface area contributed by atoms with Crippen LogP contribution < -0.4 is 0 Å². The highest BCUT2D eigenvalue weighted by Gasteiger charge is 2.75. The first-order valence-electron chi connectivity index (χ1n) is 16.7. The third-order valence-corrected chi connectivity index (χ3v) is 11.9. The number of Topliss-reactive ketones (excluding diaryl/α,β-unsaturated/α-hetero) is 4. The van der Waals surface area contributed by atoms with Crippen LogP contribution in [0.25, 0.3) is 0 Å². The largest absolute Gasteiger partial charge is 0.511 e. The second-order valence-corrected chi connectivity index (χ2v) is 16.0. The fraction of sp³-hybridized carbons (Fsp3) is 0.500. The number of phenols is 1. The number of aryl methyl sites for hydroxylation is 1. The predicted octanol–water partition coefficient (Wildman–Crippen LogP) is 6.94. The number of carbonyl (C=O) groups is 4. The number of phenolic OH excluding ortho intramolecular Hbond substituents is 1. The number of aliphatic hydroxyl groups is 3. The summed E-state index contributed by atoms with van der Waals surface area (Å²) in [6.07, 6.45) is -0.173. The zero-order valence-corrected chi connectivity index (χ0v) is 29.6. The van der Waals surface area contributed by atoms with E-state index in [2.05, 4.69) is 26.8 Å². The maximum atomic E-state index is 14.5. The van der Waals surface area contributed by atoms with E-state index in [1.807, 2.05) is 26.0 Å². The van der Waals surface area contributed by atoms with Crippen molar-refractivity contribution in [2.45, 2.75) is 99.0 Å². The van der Waals surface area contributed by atoms with Crippen LogP contribution in [0.3, 0.4) is 0 Å². The first kappa shape index (κ1) is 35.3. The molecule has 2 aromatic rings. The van der Waals surface area contributed by atoms with E-state index in [9.17, 15) is 39.6 Å². The second kappa shape index (κ2) is 11.3. The number of benzene rings is 2. The maximum Gasteiger partial charge on any atom is 0.209 e. The monoisotopic (exact) mass is 656 g/mol. The molecule has 8 heteroatoms. The molecule has 5 rings (SSSR count). The first-order chi connectivity index (χ1) is 22.1. The average molecular weight is 657 g/mol. The Hall–Kier alpha value is -4.04. The van der Waals surface area contributed by atoms with Crippen molar-refractivity contribution in [2.24, 2.45) is 28.6 Å². The molecule has 3 aliphatic carbocycles. The van der Waals surface area contributed by atoms with Gasteiger partial charge in [0, 0.05) is 35.2 Å². The average Bonchev–Trinajstić information content (AvgIpc) is 2.96. The molecule has 256 valence electrons. The van der Waals surface area contributed by atoms with Crippen LogP contribution in [0.2, 0.25) is 0 Å².